The van der Waals surface area contributed by atoms with Gasteiger partial charge in [-0.2, -0.15) is 4.31 Å². The number of carbonyl (C=O) groups is 1. The van der Waals surface area contributed by atoms with Crippen molar-refractivity contribution in [3.63, 3.8) is 0 Å². The van der Waals surface area contributed by atoms with Crippen LogP contribution in [0.4, 0.5) is 0 Å². The number of sulfonamides is 1. The Labute approximate surface area is 173 Å². The second kappa shape index (κ2) is 9.41. The molecular formula is C22H28N2O4S. The Morgan fingerprint density at radius 3 is 2.17 bits per heavy atom. The van der Waals surface area contributed by atoms with E-state index in [1.165, 1.54) is 9.87 Å². The van der Waals surface area contributed by atoms with E-state index < -0.39 is 10.0 Å². The van der Waals surface area contributed by atoms with Crippen LogP contribution < -0.4 is 4.74 Å². The molecule has 0 spiro atoms. The number of hydrogen-bond donors (Lipinski definition) is 0. The zero-order valence-corrected chi connectivity index (χ0v) is 17.8. The van der Waals surface area contributed by atoms with E-state index in [0.29, 0.717) is 51.4 Å². The van der Waals surface area contributed by atoms with Crippen molar-refractivity contribution in [3.05, 3.63) is 59.7 Å². The fourth-order valence-corrected chi connectivity index (χ4v) is 4.79. The lowest BCUT2D eigenvalue weighted by Gasteiger charge is -2.34. The quantitative estimate of drug-likeness (QED) is 0.696. The Balaban J connectivity index is 1.53. The molecule has 1 saturated heterocycles. The molecule has 1 heterocycles. The second-order valence-electron chi connectivity index (χ2n) is 7.17. The number of amides is 1. The number of benzene rings is 2. The van der Waals surface area contributed by atoms with Crippen LogP contribution in [0, 0.1) is 6.92 Å². The van der Waals surface area contributed by atoms with Gasteiger partial charge in [-0.25, -0.2) is 8.42 Å². The smallest absolute Gasteiger partial charge is 0.243 e. The molecule has 0 N–H and O–H groups in total. The van der Waals surface area contributed by atoms with Crippen molar-refractivity contribution < 1.29 is 17.9 Å². The van der Waals surface area contributed by atoms with Crippen molar-refractivity contribution in [2.75, 3.05) is 32.8 Å². The molecule has 0 aliphatic carbocycles. The summed E-state index contributed by atoms with van der Waals surface area (Å²) in [5.41, 5.74) is 2.34. The maximum Gasteiger partial charge on any atom is 0.243 e. The number of piperazine rings is 1. The highest BCUT2D eigenvalue weighted by Crippen LogP contribution is 2.21. The van der Waals surface area contributed by atoms with Gasteiger partial charge in [0.2, 0.25) is 15.9 Å². The first-order chi connectivity index (χ1) is 13.9. The molecule has 0 bridgehead atoms. The first-order valence-corrected chi connectivity index (χ1v) is 11.4. The molecule has 29 heavy (non-hydrogen) atoms. The summed E-state index contributed by atoms with van der Waals surface area (Å²) < 4.78 is 32.5. The largest absolute Gasteiger partial charge is 0.494 e. The van der Waals surface area contributed by atoms with Gasteiger partial charge in [-0.05, 0) is 50.1 Å². The van der Waals surface area contributed by atoms with Gasteiger partial charge in [-0.3, -0.25) is 4.79 Å². The molecular weight excluding hydrogens is 388 g/mol. The van der Waals surface area contributed by atoms with Crippen LogP contribution in [0.1, 0.15) is 24.5 Å². The Kier molecular flexibility index (Phi) is 6.92. The first-order valence-electron chi connectivity index (χ1n) is 9.96. The maximum atomic E-state index is 12.9. The van der Waals surface area contributed by atoms with Gasteiger partial charge in [0.15, 0.2) is 0 Å². The average Bonchev–Trinajstić information content (AvgIpc) is 2.74. The van der Waals surface area contributed by atoms with Crippen LogP contribution in [0.5, 0.6) is 5.75 Å². The molecule has 0 aromatic heterocycles. The highest BCUT2D eigenvalue weighted by molar-refractivity contribution is 7.89. The predicted molar refractivity (Wildman–Crippen MR) is 112 cm³/mol. The lowest BCUT2D eigenvalue weighted by molar-refractivity contribution is -0.132. The van der Waals surface area contributed by atoms with Gasteiger partial charge in [0, 0.05) is 32.6 Å². The van der Waals surface area contributed by atoms with Crippen molar-refractivity contribution in [1.82, 2.24) is 9.21 Å². The topological polar surface area (TPSA) is 66.9 Å². The summed E-state index contributed by atoms with van der Waals surface area (Å²) in [4.78, 5) is 14.5. The molecule has 0 radical (unpaired) electrons. The minimum Gasteiger partial charge on any atom is -0.494 e. The normalized spacial score (nSPS) is 15.3. The second-order valence-corrected chi connectivity index (χ2v) is 9.11. The fraction of sp³-hybridized carbons (Fsp3) is 0.409. The summed E-state index contributed by atoms with van der Waals surface area (Å²) in [6, 6.07) is 14.7. The lowest BCUT2D eigenvalue weighted by Crippen LogP contribution is -2.50. The summed E-state index contributed by atoms with van der Waals surface area (Å²) in [5, 5.41) is 0. The van der Waals surface area contributed by atoms with Crippen molar-refractivity contribution in [1.29, 1.82) is 0 Å². The van der Waals surface area contributed by atoms with Gasteiger partial charge < -0.3 is 9.64 Å². The van der Waals surface area contributed by atoms with Crippen molar-refractivity contribution >= 4 is 15.9 Å². The number of ether oxygens (including phenoxy) is 1. The van der Waals surface area contributed by atoms with Crippen LogP contribution in [-0.2, 0) is 21.2 Å². The highest BCUT2D eigenvalue weighted by atomic mass is 32.2. The molecule has 1 fully saturated rings. The monoisotopic (exact) mass is 416 g/mol. The van der Waals surface area contributed by atoms with Crippen LogP contribution in [-0.4, -0.2) is 56.3 Å². The summed E-state index contributed by atoms with van der Waals surface area (Å²) in [5.74, 6) is 0.721. The molecule has 2 aromatic carbocycles. The summed E-state index contributed by atoms with van der Waals surface area (Å²) >= 11 is 0. The molecule has 3 rings (SSSR count). The van der Waals surface area contributed by atoms with Gasteiger partial charge in [-0.1, -0.05) is 29.8 Å². The molecule has 156 valence electrons. The minimum absolute atomic E-state index is 0.0729. The van der Waals surface area contributed by atoms with Crippen LogP contribution in [0.2, 0.25) is 0 Å². The minimum atomic E-state index is -3.56. The third-order valence-electron chi connectivity index (χ3n) is 5.11. The molecule has 0 unspecified atom stereocenters. The number of aryl methyl sites for hydroxylation is 2. The lowest BCUT2D eigenvalue weighted by atomic mass is 10.1. The van der Waals surface area contributed by atoms with Crippen molar-refractivity contribution in [2.45, 2.75) is 31.6 Å². The van der Waals surface area contributed by atoms with Crippen LogP contribution in [0.25, 0.3) is 0 Å². The average molecular weight is 417 g/mol. The summed E-state index contributed by atoms with van der Waals surface area (Å²) in [7, 11) is -3.56. The van der Waals surface area contributed by atoms with E-state index >= 15 is 0 Å². The Morgan fingerprint density at radius 1 is 0.966 bits per heavy atom. The maximum absolute atomic E-state index is 12.9. The van der Waals surface area contributed by atoms with E-state index in [2.05, 4.69) is 0 Å². The molecule has 1 amide bonds. The third-order valence-corrected chi connectivity index (χ3v) is 7.02. The molecule has 0 atom stereocenters. The number of carbonyl (C=O) groups excluding carboxylic acids is 1. The fourth-order valence-electron chi connectivity index (χ4n) is 3.37. The summed E-state index contributed by atoms with van der Waals surface area (Å²) in [6.07, 6.45) is 1.14. The molecule has 7 heteroatoms. The van der Waals surface area contributed by atoms with Crippen LogP contribution >= 0.6 is 0 Å². The SMILES string of the molecule is CCOc1ccc(S(=O)(=O)N2CCN(C(=O)CCc3ccc(C)cc3)CC2)cc1. The van der Waals surface area contributed by atoms with Gasteiger partial charge in [0.25, 0.3) is 0 Å². The molecule has 2 aromatic rings. The number of rotatable bonds is 7. The van der Waals surface area contributed by atoms with Crippen LogP contribution in [0.15, 0.2) is 53.4 Å². The van der Waals surface area contributed by atoms with Crippen molar-refractivity contribution in [2.24, 2.45) is 0 Å². The van der Waals surface area contributed by atoms with E-state index in [-0.39, 0.29) is 10.8 Å². The Hall–Kier alpha value is -2.38. The Bertz CT molecular complexity index is 916. The van der Waals surface area contributed by atoms with Gasteiger partial charge >= 0.3 is 0 Å². The van der Waals surface area contributed by atoms with Gasteiger partial charge in [-0.15, -0.1) is 0 Å². The molecule has 0 saturated carbocycles. The first kappa shape index (κ1) is 21.3. The van der Waals surface area contributed by atoms with E-state index in [1.54, 1.807) is 29.2 Å². The number of hydrogen-bond acceptors (Lipinski definition) is 4. The van der Waals surface area contributed by atoms with E-state index in [4.69, 9.17) is 4.74 Å². The standard InChI is InChI=1S/C22H28N2O4S/c1-3-28-20-9-11-21(12-10-20)29(26,27)24-16-14-23(15-17-24)22(25)13-8-19-6-4-18(2)5-7-19/h4-7,9-12H,3,8,13-17H2,1-2H3. The zero-order valence-electron chi connectivity index (χ0n) is 17.0. The van der Waals surface area contributed by atoms with E-state index in [1.807, 2.05) is 38.1 Å². The van der Waals surface area contributed by atoms with Gasteiger partial charge in [0.1, 0.15) is 5.75 Å². The zero-order chi connectivity index (χ0) is 20.9. The Morgan fingerprint density at radius 2 is 1.59 bits per heavy atom. The predicted octanol–water partition coefficient (Wildman–Crippen LogP) is 2.86. The van der Waals surface area contributed by atoms with Gasteiger partial charge in [0.05, 0.1) is 11.5 Å². The molecule has 1 aliphatic rings. The van der Waals surface area contributed by atoms with Crippen LogP contribution in [0.3, 0.4) is 0 Å². The highest BCUT2D eigenvalue weighted by Gasteiger charge is 2.29. The van der Waals surface area contributed by atoms with E-state index in [0.717, 1.165) is 5.56 Å². The van der Waals surface area contributed by atoms with E-state index in [9.17, 15) is 13.2 Å². The number of nitrogens with zero attached hydrogens (tertiary/aromatic N) is 2. The summed E-state index contributed by atoms with van der Waals surface area (Å²) in [6.45, 7) is 5.91. The molecule has 6 nitrogen and oxygen atoms in total. The van der Waals surface area contributed by atoms with Crippen molar-refractivity contribution in [3.8, 4) is 5.75 Å². The third kappa shape index (κ3) is 5.36. The molecule has 1 aliphatic heterocycles.